The molecule has 0 unspecified atom stereocenters. The Morgan fingerprint density at radius 2 is 1.79 bits per heavy atom. The van der Waals surface area contributed by atoms with Crippen molar-refractivity contribution >= 4 is 5.91 Å². The minimum absolute atomic E-state index is 0.0173. The van der Waals surface area contributed by atoms with E-state index >= 15 is 0 Å². The molecule has 5 nitrogen and oxygen atoms in total. The third kappa shape index (κ3) is 5.13. The molecule has 0 spiro atoms. The van der Waals surface area contributed by atoms with E-state index in [9.17, 15) is 4.79 Å². The molecule has 2 rings (SSSR count). The van der Waals surface area contributed by atoms with Gasteiger partial charge in [-0.05, 0) is 57.4 Å². The number of nitrogens with zero attached hydrogens (tertiary/aromatic N) is 1. The predicted octanol–water partition coefficient (Wildman–Crippen LogP) is 2.84. The summed E-state index contributed by atoms with van der Waals surface area (Å²) in [5, 5.41) is 3.16. The zero-order valence-electron chi connectivity index (χ0n) is 15.2. The fourth-order valence-corrected chi connectivity index (χ4v) is 3.00. The third-order valence-electron chi connectivity index (χ3n) is 4.61. The summed E-state index contributed by atoms with van der Waals surface area (Å²) in [7, 11) is 1.63. The number of hydrogen-bond acceptors (Lipinski definition) is 4. The summed E-state index contributed by atoms with van der Waals surface area (Å²) in [5.74, 6) is 1.44. The first-order valence-electron chi connectivity index (χ1n) is 8.88. The highest BCUT2D eigenvalue weighted by Gasteiger charge is 2.25. The second-order valence-corrected chi connectivity index (χ2v) is 6.60. The lowest BCUT2D eigenvalue weighted by atomic mass is 10.0. The molecule has 1 fully saturated rings. The zero-order valence-corrected chi connectivity index (χ0v) is 15.2. The summed E-state index contributed by atoms with van der Waals surface area (Å²) < 4.78 is 11.0. The number of methoxy groups -OCH3 is 1. The van der Waals surface area contributed by atoms with Gasteiger partial charge in [0, 0.05) is 25.2 Å². The smallest absolute Gasteiger partial charge is 0.261 e. The molecule has 0 saturated carbocycles. The number of piperidine rings is 1. The van der Waals surface area contributed by atoms with Crippen LogP contribution in [0.2, 0.25) is 0 Å². The van der Waals surface area contributed by atoms with E-state index < -0.39 is 6.10 Å². The van der Waals surface area contributed by atoms with Crippen LogP contribution in [-0.2, 0) is 4.79 Å². The first-order chi connectivity index (χ1) is 11.5. The molecule has 1 aliphatic heterocycles. The van der Waals surface area contributed by atoms with Crippen LogP contribution in [0.4, 0.5) is 0 Å². The van der Waals surface area contributed by atoms with E-state index in [4.69, 9.17) is 9.47 Å². The van der Waals surface area contributed by atoms with Gasteiger partial charge in [-0.1, -0.05) is 6.92 Å². The van der Waals surface area contributed by atoms with Gasteiger partial charge in [-0.2, -0.15) is 0 Å². The van der Waals surface area contributed by atoms with Gasteiger partial charge in [0.15, 0.2) is 6.10 Å². The van der Waals surface area contributed by atoms with Gasteiger partial charge in [0.05, 0.1) is 7.11 Å². The molecule has 1 atom stereocenters. The van der Waals surface area contributed by atoms with Gasteiger partial charge in [-0.25, -0.2) is 0 Å². The SMILES string of the molecule is CC[C@@H](Oc1ccc(OC)cc1)C(=O)NC1CCN(C(C)C)CC1. The van der Waals surface area contributed by atoms with Crippen LogP contribution in [-0.4, -0.2) is 49.2 Å². The molecule has 1 aliphatic rings. The second kappa shape index (κ2) is 8.92. The molecule has 5 heteroatoms. The molecule has 134 valence electrons. The van der Waals surface area contributed by atoms with Crippen molar-refractivity contribution in [2.24, 2.45) is 0 Å². The summed E-state index contributed by atoms with van der Waals surface area (Å²) in [6, 6.07) is 8.15. The highest BCUT2D eigenvalue weighted by atomic mass is 16.5. The van der Waals surface area contributed by atoms with E-state index in [1.54, 1.807) is 7.11 Å². The molecule has 0 aromatic heterocycles. The minimum atomic E-state index is -0.457. The molecule has 0 aliphatic carbocycles. The van der Waals surface area contributed by atoms with Gasteiger partial charge in [0.1, 0.15) is 11.5 Å². The molecule has 1 aromatic rings. The topological polar surface area (TPSA) is 50.8 Å². The van der Waals surface area contributed by atoms with Crippen molar-refractivity contribution in [2.45, 2.75) is 58.2 Å². The van der Waals surface area contributed by atoms with Crippen LogP contribution in [0.1, 0.15) is 40.0 Å². The average molecular weight is 334 g/mol. The number of nitrogens with one attached hydrogen (secondary N) is 1. The fourth-order valence-electron chi connectivity index (χ4n) is 3.00. The maximum Gasteiger partial charge on any atom is 0.261 e. The standard InChI is InChI=1S/C19H30N2O3/c1-5-18(24-17-8-6-16(23-4)7-9-17)19(22)20-15-10-12-21(13-11-15)14(2)3/h6-9,14-15,18H,5,10-13H2,1-4H3,(H,20,22)/t18-/m1/s1. The quantitative estimate of drug-likeness (QED) is 0.833. The molecule has 0 radical (unpaired) electrons. The third-order valence-corrected chi connectivity index (χ3v) is 4.61. The van der Waals surface area contributed by atoms with E-state index in [-0.39, 0.29) is 11.9 Å². The van der Waals surface area contributed by atoms with Crippen molar-refractivity contribution in [3.05, 3.63) is 24.3 Å². The Bertz CT molecular complexity index is 508. The van der Waals surface area contributed by atoms with Crippen LogP contribution in [0.15, 0.2) is 24.3 Å². The number of likely N-dealkylation sites (tertiary alicyclic amines) is 1. The average Bonchev–Trinajstić information content (AvgIpc) is 2.60. The number of benzene rings is 1. The van der Waals surface area contributed by atoms with Crippen molar-refractivity contribution < 1.29 is 14.3 Å². The largest absolute Gasteiger partial charge is 0.497 e. The summed E-state index contributed by atoms with van der Waals surface area (Å²) in [6.45, 7) is 8.48. The van der Waals surface area contributed by atoms with Crippen molar-refractivity contribution in [1.82, 2.24) is 10.2 Å². The fraction of sp³-hybridized carbons (Fsp3) is 0.632. The Balaban J connectivity index is 1.85. The second-order valence-electron chi connectivity index (χ2n) is 6.60. The molecule has 1 saturated heterocycles. The Morgan fingerprint density at radius 1 is 1.21 bits per heavy atom. The lowest BCUT2D eigenvalue weighted by molar-refractivity contribution is -0.129. The Labute approximate surface area is 145 Å². The predicted molar refractivity (Wildman–Crippen MR) is 95.6 cm³/mol. The van der Waals surface area contributed by atoms with Crippen LogP contribution >= 0.6 is 0 Å². The molecular formula is C19H30N2O3. The molecule has 1 N–H and O–H groups in total. The summed E-state index contributed by atoms with van der Waals surface area (Å²) in [4.78, 5) is 15.0. The number of amides is 1. The molecular weight excluding hydrogens is 304 g/mol. The number of ether oxygens (including phenoxy) is 2. The van der Waals surface area contributed by atoms with Gasteiger partial charge < -0.3 is 19.7 Å². The van der Waals surface area contributed by atoms with Crippen LogP contribution in [0, 0.1) is 0 Å². The van der Waals surface area contributed by atoms with Crippen molar-refractivity contribution in [3.8, 4) is 11.5 Å². The first kappa shape index (κ1) is 18.6. The summed E-state index contributed by atoms with van der Waals surface area (Å²) in [6.07, 6.45) is 2.19. The summed E-state index contributed by atoms with van der Waals surface area (Å²) >= 11 is 0. The van der Waals surface area contributed by atoms with Gasteiger partial charge >= 0.3 is 0 Å². The lowest BCUT2D eigenvalue weighted by Gasteiger charge is -2.35. The van der Waals surface area contributed by atoms with Crippen molar-refractivity contribution in [1.29, 1.82) is 0 Å². The molecule has 1 heterocycles. The van der Waals surface area contributed by atoms with Gasteiger partial charge in [-0.3, -0.25) is 4.79 Å². The first-order valence-corrected chi connectivity index (χ1v) is 8.88. The van der Waals surface area contributed by atoms with E-state index in [0.29, 0.717) is 18.2 Å². The van der Waals surface area contributed by atoms with Crippen LogP contribution in [0.25, 0.3) is 0 Å². The van der Waals surface area contributed by atoms with Gasteiger partial charge in [-0.15, -0.1) is 0 Å². The molecule has 1 aromatic carbocycles. The Kier molecular flexibility index (Phi) is 6.91. The van der Waals surface area contributed by atoms with Crippen LogP contribution < -0.4 is 14.8 Å². The minimum Gasteiger partial charge on any atom is -0.497 e. The van der Waals surface area contributed by atoms with E-state index in [1.165, 1.54) is 0 Å². The van der Waals surface area contributed by atoms with Crippen molar-refractivity contribution in [3.63, 3.8) is 0 Å². The lowest BCUT2D eigenvalue weighted by Crippen LogP contribution is -2.49. The Hall–Kier alpha value is -1.75. The normalized spacial score (nSPS) is 17.5. The number of carbonyl (C=O) groups excluding carboxylic acids is 1. The van der Waals surface area contributed by atoms with E-state index in [0.717, 1.165) is 31.7 Å². The van der Waals surface area contributed by atoms with Gasteiger partial charge in [0.25, 0.3) is 5.91 Å². The van der Waals surface area contributed by atoms with Crippen molar-refractivity contribution in [2.75, 3.05) is 20.2 Å². The van der Waals surface area contributed by atoms with E-state index in [1.807, 2.05) is 31.2 Å². The van der Waals surface area contributed by atoms with Gasteiger partial charge in [0.2, 0.25) is 0 Å². The monoisotopic (exact) mass is 334 g/mol. The molecule has 1 amide bonds. The maximum absolute atomic E-state index is 12.5. The number of carbonyl (C=O) groups is 1. The highest BCUT2D eigenvalue weighted by molar-refractivity contribution is 5.81. The van der Waals surface area contributed by atoms with Crippen LogP contribution in [0.5, 0.6) is 11.5 Å². The number of hydrogen-bond donors (Lipinski definition) is 1. The number of rotatable bonds is 7. The zero-order chi connectivity index (χ0) is 17.5. The maximum atomic E-state index is 12.5. The summed E-state index contributed by atoms with van der Waals surface area (Å²) in [5.41, 5.74) is 0. The van der Waals surface area contributed by atoms with Crippen LogP contribution in [0.3, 0.4) is 0 Å². The Morgan fingerprint density at radius 3 is 2.29 bits per heavy atom. The molecule has 0 bridgehead atoms. The molecule has 24 heavy (non-hydrogen) atoms. The highest BCUT2D eigenvalue weighted by Crippen LogP contribution is 2.19. The van der Waals surface area contributed by atoms with E-state index in [2.05, 4.69) is 24.1 Å².